The maximum atomic E-state index is 3.90. The van der Waals surface area contributed by atoms with E-state index in [1.807, 2.05) is 0 Å². The molecule has 2 heteroatoms. The highest BCUT2D eigenvalue weighted by Crippen LogP contribution is 2.27. The van der Waals surface area contributed by atoms with Gasteiger partial charge in [0.25, 0.3) is 0 Å². The van der Waals surface area contributed by atoms with Crippen molar-refractivity contribution < 1.29 is 0 Å². The Morgan fingerprint density at radius 3 is 1.66 bits per heavy atom. The van der Waals surface area contributed by atoms with Crippen LogP contribution in [-0.2, 0) is 19.6 Å². The van der Waals surface area contributed by atoms with E-state index in [1.54, 1.807) is 0 Å². The number of rotatable bonds is 8. The Kier molecular flexibility index (Phi) is 7.12. The topological polar surface area (TPSA) is 15.3 Å². The quantitative estimate of drug-likeness (QED) is 0.529. The zero-order chi connectivity index (χ0) is 19.7. The van der Waals surface area contributed by atoms with Crippen LogP contribution in [0.3, 0.4) is 0 Å². The zero-order valence-corrected chi connectivity index (χ0v) is 17.2. The predicted octanol–water partition coefficient (Wildman–Crippen LogP) is 5.79. The third-order valence-corrected chi connectivity index (χ3v) is 6.07. The van der Waals surface area contributed by atoms with Crippen molar-refractivity contribution in [2.45, 2.75) is 57.4 Å². The second-order valence-corrected chi connectivity index (χ2v) is 8.20. The first kappa shape index (κ1) is 19.9. The highest BCUT2D eigenvalue weighted by Gasteiger charge is 2.30. The summed E-state index contributed by atoms with van der Waals surface area (Å²) in [5.74, 6) is 0. The minimum atomic E-state index is 0.538. The Hall–Kier alpha value is -2.42. The molecule has 29 heavy (non-hydrogen) atoms. The number of nitrogens with zero attached hydrogens (tertiary/aromatic N) is 1. The van der Waals surface area contributed by atoms with Crippen molar-refractivity contribution in [2.24, 2.45) is 0 Å². The van der Waals surface area contributed by atoms with Gasteiger partial charge in [0.05, 0.1) is 0 Å². The van der Waals surface area contributed by atoms with Crippen LogP contribution in [0.5, 0.6) is 0 Å². The van der Waals surface area contributed by atoms with Gasteiger partial charge in [-0.15, -0.1) is 0 Å². The Bertz CT molecular complexity index is 791. The lowest BCUT2D eigenvalue weighted by Crippen LogP contribution is -2.51. The normalized spacial score (nSPS) is 19.3. The maximum absolute atomic E-state index is 3.90. The first-order chi connectivity index (χ1) is 14.4. The number of hydrogen-bond acceptors (Lipinski definition) is 2. The van der Waals surface area contributed by atoms with Crippen molar-refractivity contribution in [3.63, 3.8) is 0 Å². The van der Waals surface area contributed by atoms with Gasteiger partial charge in [0.15, 0.2) is 0 Å². The molecular weight excluding hydrogens is 352 g/mol. The van der Waals surface area contributed by atoms with E-state index >= 15 is 0 Å². The fourth-order valence-corrected chi connectivity index (χ4v) is 4.56. The van der Waals surface area contributed by atoms with Gasteiger partial charge in [-0.05, 0) is 29.5 Å². The molecule has 3 aromatic carbocycles. The smallest absolute Gasteiger partial charge is 0.0256 e. The van der Waals surface area contributed by atoms with Crippen molar-refractivity contribution >= 4 is 0 Å². The van der Waals surface area contributed by atoms with Crippen molar-refractivity contribution in [1.82, 2.24) is 10.2 Å². The molecule has 3 aromatic rings. The van der Waals surface area contributed by atoms with Crippen LogP contribution in [0.4, 0.5) is 0 Å². The lowest BCUT2D eigenvalue weighted by Gasteiger charge is -2.41. The lowest BCUT2D eigenvalue weighted by molar-refractivity contribution is 0.106. The van der Waals surface area contributed by atoms with Gasteiger partial charge in [0, 0.05) is 31.7 Å². The summed E-state index contributed by atoms with van der Waals surface area (Å²) in [7, 11) is 0. The van der Waals surface area contributed by atoms with E-state index in [4.69, 9.17) is 0 Å². The van der Waals surface area contributed by atoms with Gasteiger partial charge >= 0.3 is 0 Å². The third-order valence-electron chi connectivity index (χ3n) is 6.07. The highest BCUT2D eigenvalue weighted by atomic mass is 15.2. The monoisotopic (exact) mass is 384 g/mol. The molecule has 0 radical (unpaired) electrons. The molecule has 1 aliphatic carbocycles. The highest BCUT2D eigenvalue weighted by molar-refractivity contribution is 5.18. The van der Waals surface area contributed by atoms with Gasteiger partial charge in [-0.25, -0.2) is 0 Å². The van der Waals surface area contributed by atoms with Crippen LogP contribution in [0, 0.1) is 0 Å². The lowest BCUT2D eigenvalue weighted by atomic mass is 9.88. The third kappa shape index (κ3) is 5.79. The van der Waals surface area contributed by atoms with E-state index in [2.05, 4.69) is 101 Å². The van der Waals surface area contributed by atoms with E-state index in [9.17, 15) is 0 Å². The molecule has 150 valence electrons. The fraction of sp³-hybridized carbons (Fsp3) is 0.333. The standard InChI is InChI=1S/C27H32N2/c1-4-12-23(13-5-1)20-28-26-18-10-11-19-27(26)29(21-24-14-6-2-7-15-24)22-25-16-8-3-9-17-25/h1-9,12-17,26-28H,10-11,18-22H2/t26-,27-/m1/s1. The average molecular weight is 385 g/mol. The number of hydrogen-bond donors (Lipinski definition) is 1. The molecule has 0 bridgehead atoms. The predicted molar refractivity (Wildman–Crippen MR) is 121 cm³/mol. The van der Waals surface area contributed by atoms with Crippen molar-refractivity contribution in [1.29, 1.82) is 0 Å². The van der Waals surface area contributed by atoms with Gasteiger partial charge in [0.2, 0.25) is 0 Å². The molecule has 0 heterocycles. The van der Waals surface area contributed by atoms with Crippen LogP contribution >= 0.6 is 0 Å². The first-order valence-electron chi connectivity index (χ1n) is 11.0. The average Bonchev–Trinajstić information content (AvgIpc) is 2.80. The molecule has 0 saturated heterocycles. The van der Waals surface area contributed by atoms with E-state index in [-0.39, 0.29) is 0 Å². The minimum absolute atomic E-state index is 0.538. The van der Waals surface area contributed by atoms with Crippen molar-refractivity contribution in [3.05, 3.63) is 108 Å². The fourth-order valence-electron chi connectivity index (χ4n) is 4.56. The van der Waals surface area contributed by atoms with Crippen molar-refractivity contribution in [2.75, 3.05) is 0 Å². The summed E-state index contributed by atoms with van der Waals surface area (Å²) in [5.41, 5.74) is 4.17. The Morgan fingerprint density at radius 1 is 0.621 bits per heavy atom. The Balaban J connectivity index is 1.51. The van der Waals surface area contributed by atoms with Crippen molar-refractivity contribution in [3.8, 4) is 0 Å². The minimum Gasteiger partial charge on any atom is -0.308 e. The summed E-state index contributed by atoms with van der Waals surface area (Å²) >= 11 is 0. The summed E-state index contributed by atoms with van der Waals surface area (Å²) in [5, 5.41) is 3.90. The van der Waals surface area contributed by atoms with Gasteiger partial charge in [-0.2, -0.15) is 0 Å². The van der Waals surface area contributed by atoms with Gasteiger partial charge in [-0.1, -0.05) is 104 Å². The molecule has 0 amide bonds. The van der Waals surface area contributed by atoms with E-state index < -0.39 is 0 Å². The number of benzene rings is 3. The summed E-state index contributed by atoms with van der Waals surface area (Å²) in [6.07, 6.45) is 5.19. The van der Waals surface area contributed by atoms with Gasteiger partial charge in [-0.3, -0.25) is 4.90 Å². The second kappa shape index (κ2) is 10.4. The summed E-state index contributed by atoms with van der Waals surface area (Å²) < 4.78 is 0. The van der Waals surface area contributed by atoms with Crippen LogP contribution in [-0.4, -0.2) is 17.0 Å². The SMILES string of the molecule is c1ccc(CN[C@@H]2CCCC[C@H]2N(Cc2ccccc2)Cc2ccccc2)cc1. The molecule has 0 spiro atoms. The molecule has 2 nitrogen and oxygen atoms in total. The Labute approximate surface area is 175 Å². The second-order valence-electron chi connectivity index (χ2n) is 8.20. The molecule has 2 atom stereocenters. The van der Waals surface area contributed by atoms with Gasteiger partial charge in [0.1, 0.15) is 0 Å². The van der Waals surface area contributed by atoms with Crippen LogP contribution in [0.15, 0.2) is 91.0 Å². The molecule has 1 aliphatic rings. The van der Waals surface area contributed by atoms with Crippen LogP contribution < -0.4 is 5.32 Å². The van der Waals surface area contributed by atoms with Crippen LogP contribution in [0.25, 0.3) is 0 Å². The molecule has 0 aliphatic heterocycles. The molecule has 4 rings (SSSR count). The molecule has 1 saturated carbocycles. The van der Waals surface area contributed by atoms with Crippen LogP contribution in [0.2, 0.25) is 0 Å². The molecular formula is C27H32N2. The Morgan fingerprint density at radius 2 is 1.10 bits per heavy atom. The van der Waals surface area contributed by atoms with E-state index in [0.29, 0.717) is 12.1 Å². The maximum Gasteiger partial charge on any atom is 0.0256 e. The van der Waals surface area contributed by atoms with Crippen LogP contribution in [0.1, 0.15) is 42.4 Å². The van der Waals surface area contributed by atoms with Gasteiger partial charge < -0.3 is 5.32 Å². The number of nitrogens with one attached hydrogen (secondary N) is 1. The summed E-state index contributed by atoms with van der Waals surface area (Å²) in [6.45, 7) is 2.96. The largest absolute Gasteiger partial charge is 0.308 e. The summed E-state index contributed by atoms with van der Waals surface area (Å²) in [6, 6.07) is 33.8. The molecule has 1 fully saturated rings. The zero-order valence-electron chi connectivity index (χ0n) is 17.2. The van der Waals surface area contributed by atoms with E-state index in [0.717, 1.165) is 19.6 Å². The molecule has 1 N–H and O–H groups in total. The van der Waals surface area contributed by atoms with E-state index in [1.165, 1.54) is 42.4 Å². The molecule has 0 aromatic heterocycles. The molecule has 0 unspecified atom stereocenters. The summed E-state index contributed by atoms with van der Waals surface area (Å²) in [4.78, 5) is 2.70. The first-order valence-corrected chi connectivity index (χ1v) is 11.0.